The van der Waals surface area contributed by atoms with Crippen molar-refractivity contribution in [2.24, 2.45) is 5.92 Å². The number of piperidine rings is 1. The van der Waals surface area contributed by atoms with E-state index in [4.69, 9.17) is 0 Å². The Morgan fingerprint density at radius 1 is 1.50 bits per heavy atom. The van der Waals surface area contributed by atoms with E-state index in [9.17, 15) is 4.79 Å². The van der Waals surface area contributed by atoms with E-state index in [-0.39, 0.29) is 5.91 Å². The summed E-state index contributed by atoms with van der Waals surface area (Å²) in [5.74, 6) is 0.636. The Bertz CT molecular complexity index is 470. The summed E-state index contributed by atoms with van der Waals surface area (Å²) in [5.41, 5.74) is 3.04. The van der Waals surface area contributed by atoms with Crippen LogP contribution in [0.15, 0.2) is 6.07 Å². The van der Waals surface area contributed by atoms with Gasteiger partial charge in [-0.05, 0) is 65.6 Å². The number of aryl methyl sites for hydroxylation is 1. The first-order chi connectivity index (χ1) is 9.50. The van der Waals surface area contributed by atoms with Gasteiger partial charge in [-0.2, -0.15) is 0 Å². The summed E-state index contributed by atoms with van der Waals surface area (Å²) in [7, 11) is 0. The summed E-state index contributed by atoms with van der Waals surface area (Å²) in [5, 5.41) is 6.48. The summed E-state index contributed by atoms with van der Waals surface area (Å²) in [6, 6.07) is 2.39. The van der Waals surface area contributed by atoms with Gasteiger partial charge in [-0.1, -0.05) is 0 Å². The number of aromatic nitrogens is 1. The Morgan fingerprint density at radius 2 is 2.25 bits per heavy atom. The zero-order chi connectivity index (χ0) is 14.7. The summed E-state index contributed by atoms with van der Waals surface area (Å²) in [6.07, 6.45) is 2.42. The lowest BCUT2D eigenvalue weighted by molar-refractivity contribution is 0.0944. The van der Waals surface area contributed by atoms with Gasteiger partial charge in [0.25, 0.3) is 5.91 Å². The second kappa shape index (κ2) is 6.44. The highest BCUT2D eigenvalue weighted by atomic mass is 16.1. The summed E-state index contributed by atoms with van der Waals surface area (Å²) in [6.45, 7) is 11.3. The monoisotopic (exact) mass is 277 g/mol. The molecular weight excluding hydrogens is 250 g/mol. The van der Waals surface area contributed by atoms with E-state index in [1.165, 1.54) is 12.8 Å². The van der Waals surface area contributed by atoms with Crippen LogP contribution in [-0.2, 0) is 0 Å². The molecule has 1 aliphatic heterocycles. The van der Waals surface area contributed by atoms with Crippen molar-refractivity contribution in [2.75, 3.05) is 19.6 Å². The maximum Gasteiger partial charge on any atom is 0.253 e. The third kappa shape index (κ3) is 3.23. The number of rotatable bonds is 4. The molecule has 2 heterocycles. The van der Waals surface area contributed by atoms with Gasteiger partial charge >= 0.3 is 0 Å². The van der Waals surface area contributed by atoms with Crippen LogP contribution in [-0.4, -0.2) is 30.1 Å². The minimum absolute atomic E-state index is 0.0653. The Kier molecular flexibility index (Phi) is 4.86. The largest absolute Gasteiger partial charge is 0.352 e. The first-order valence-corrected chi connectivity index (χ1v) is 7.68. The van der Waals surface area contributed by atoms with Gasteiger partial charge in [0.1, 0.15) is 0 Å². The van der Waals surface area contributed by atoms with Crippen LogP contribution < -0.4 is 10.6 Å². The van der Waals surface area contributed by atoms with Gasteiger partial charge in [0.15, 0.2) is 0 Å². The van der Waals surface area contributed by atoms with Crippen LogP contribution in [0.3, 0.4) is 0 Å². The van der Waals surface area contributed by atoms with E-state index in [2.05, 4.69) is 36.0 Å². The summed E-state index contributed by atoms with van der Waals surface area (Å²) in [4.78, 5) is 12.4. The van der Waals surface area contributed by atoms with Crippen molar-refractivity contribution in [3.63, 3.8) is 0 Å². The quantitative estimate of drug-likeness (QED) is 0.888. The van der Waals surface area contributed by atoms with Crippen molar-refractivity contribution in [1.29, 1.82) is 0 Å². The van der Waals surface area contributed by atoms with Gasteiger partial charge in [-0.25, -0.2) is 0 Å². The molecule has 0 radical (unpaired) electrons. The molecule has 2 rings (SSSR count). The van der Waals surface area contributed by atoms with E-state index in [1.807, 2.05) is 13.0 Å². The first-order valence-electron chi connectivity index (χ1n) is 7.68. The highest BCUT2D eigenvalue weighted by Crippen LogP contribution is 2.20. The normalized spacial score (nSPS) is 19.4. The summed E-state index contributed by atoms with van der Waals surface area (Å²) < 4.78 is 2.22. The molecule has 1 atom stereocenters. The zero-order valence-electron chi connectivity index (χ0n) is 13.1. The maximum absolute atomic E-state index is 12.4. The number of hydrogen-bond donors (Lipinski definition) is 2. The molecule has 1 aromatic heterocycles. The van der Waals surface area contributed by atoms with Gasteiger partial charge in [0.2, 0.25) is 0 Å². The van der Waals surface area contributed by atoms with Crippen molar-refractivity contribution in [3.05, 3.63) is 23.0 Å². The Balaban J connectivity index is 2.00. The van der Waals surface area contributed by atoms with Crippen LogP contribution in [0, 0.1) is 19.8 Å². The van der Waals surface area contributed by atoms with E-state index < -0.39 is 0 Å². The van der Waals surface area contributed by atoms with E-state index >= 15 is 0 Å². The number of amides is 1. The van der Waals surface area contributed by atoms with Crippen molar-refractivity contribution in [2.45, 2.75) is 46.6 Å². The lowest BCUT2D eigenvalue weighted by atomic mass is 10.00. The minimum Gasteiger partial charge on any atom is -0.352 e. The fraction of sp³-hybridized carbons (Fsp3) is 0.688. The maximum atomic E-state index is 12.4. The third-order valence-corrected chi connectivity index (χ3v) is 4.20. The topological polar surface area (TPSA) is 46.1 Å². The molecule has 0 bridgehead atoms. The predicted molar refractivity (Wildman–Crippen MR) is 82.2 cm³/mol. The first kappa shape index (κ1) is 15.1. The van der Waals surface area contributed by atoms with Crippen LogP contribution in [0.25, 0.3) is 0 Å². The molecule has 4 heteroatoms. The molecule has 112 valence electrons. The molecular formula is C16H27N3O. The number of nitrogens with zero attached hydrogens (tertiary/aromatic N) is 1. The second-order valence-corrected chi connectivity index (χ2v) is 6.17. The minimum atomic E-state index is 0.0653. The van der Waals surface area contributed by atoms with Crippen LogP contribution in [0.1, 0.15) is 54.5 Å². The number of hydrogen-bond acceptors (Lipinski definition) is 2. The molecule has 20 heavy (non-hydrogen) atoms. The molecule has 1 saturated heterocycles. The molecule has 1 unspecified atom stereocenters. The number of nitrogens with one attached hydrogen (secondary N) is 2. The molecule has 0 aliphatic carbocycles. The fourth-order valence-corrected chi connectivity index (χ4v) is 3.23. The second-order valence-electron chi connectivity index (χ2n) is 6.17. The highest BCUT2D eigenvalue weighted by molar-refractivity contribution is 5.95. The van der Waals surface area contributed by atoms with Crippen molar-refractivity contribution in [3.8, 4) is 0 Å². The zero-order valence-corrected chi connectivity index (χ0v) is 13.1. The molecule has 1 amide bonds. The molecule has 0 aromatic carbocycles. The van der Waals surface area contributed by atoms with Crippen LogP contribution in [0.4, 0.5) is 0 Å². The SMILES string of the molecule is Cc1cc(C(=O)NCC2CCCNC2)c(C)n1C(C)C. The molecule has 1 aliphatic rings. The summed E-state index contributed by atoms with van der Waals surface area (Å²) >= 11 is 0. The number of carbonyl (C=O) groups is 1. The molecule has 1 aromatic rings. The van der Waals surface area contributed by atoms with E-state index in [0.29, 0.717) is 12.0 Å². The standard InChI is InChI=1S/C16H27N3O/c1-11(2)19-12(3)8-15(13(19)4)16(20)18-10-14-6-5-7-17-9-14/h8,11,14,17H,5-7,9-10H2,1-4H3,(H,18,20). The third-order valence-electron chi connectivity index (χ3n) is 4.20. The van der Waals surface area contributed by atoms with Gasteiger partial charge in [-0.3, -0.25) is 4.79 Å². The average molecular weight is 277 g/mol. The molecule has 0 saturated carbocycles. The Hall–Kier alpha value is -1.29. The lowest BCUT2D eigenvalue weighted by Crippen LogP contribution is -2.38. The van der Waals surface area contributed by atoms with Crippen molar-refractivity contribution < 1.29 is 4.79 Å². The highest BCUT2D eigenvalue weighted by Gasteiger charge is 2.19. The molecule has 2 N–H and O–H groups in total. The Labute approximate surface area is 121 Å². The van der Waals surface area contributed by atoms with Crippen LogP contribution in [0.2, 0.25) is 0 Å². The van der Waals surface area contributed by atoms with Crippen molar-refractivity contribution >= 4 is 5.91 Å². The Morgan fingerprint density at radius 3 is 2.80 bits per heavy atom. The van der Waals surface area contributed by atoms with Gasteiger partial charge in [0.05, 0.1) is 5.56 Å². The van der Waals surface area contributed by atoms with Gasteiger partial charge in [0, 0.05) is 24.0 Å². The average Bonchev–Trinajstić information content (AvgIpc) is 2.72. The van der Waals surface area contributed by atoms with Gasteiger partial charge in [-0.15, -0.1) is 0 Å². The lowest BCUT2D eigenvalue weighted by Gasteiger charge is -2.22. The molecule has 1 fully saturated rings. The number of carbonyl (C=O) groups excluding carboxylic acids is 1. The van der Waals surface area contributed by atoms with Crippen LogP contribution >= 0.6 is 0 Å². The van der Waals surface area contributed by atoms with E-state index in [1.54, 1.807) is 0 Å². The molecule has 4 nitrogen and oxygen atoms in total. The van der Waals surface area contributed by atoms with Crippen LogP contribution in [0.5, 0.6) is 0 Å². The fourth-order valence-electron chi connectivity index (χ4n) is 3.23. The van der Waals surface area contributed by atoms with Gasteiger partial charge < -0.3 is 15.2 Å². The molecule has 0 spiro atoms. The van der Waals surface area contributed by atoms with Crippen molar-refractivity contribution in [1.82, 2.24) is 15.2 Å². The van der Waals surface area contributed by atoms with E-state index in [0.717, 1.165) is 36.6 Å². The predicted octanol–water partition coefficient (Wildman–Crippen LogP) is 2.42. The smallest absolute Gasteiger partial charge is 0.253 e.